The second-order valence-electron chi connectivity index (χ2n) is 8.41. The number of carbonyl (C=O) groups excluding carboxylic acids is 1. The summed E-state index contributed by atoms with van der Waals surface area (Å²) in [5.74, 6) is 1.05. The van der Waals surface area contributed by atoms with Crippen LogP contribution in [0.25, 0.3) is 0 Å². The molecule has 0 aromatic carbocycles. The van der Waals surface area contributed by atoms with E-state index in [9.17, 15) is 4.79 Å². The molecule has 5 atom stereocenters. The third-order valence-corrected chi connectivity index (χ3v) is 6.71. The summed E-state index contributed by atoms with van der Waals surface area (Å²) in [5.41, 5.74) is 6.72. The van der Waals surface area contributed by atoms with Crippen LogP contribution < -0.4 is 11.1 Å². The lowest BCUT2D eigenvalue weighted by Crippen LogP contribution is -2.55. The molecule has 0 aromatic heterocycles. The summed E-state index contributed by atoms with van der Waals surface area (Å²) < 4.78 is 0. The first-order chi connectivity index (χ1) is 9.34. The zero-order chi connectivity index (χ0) is 14.5. The molecular weight excluding hydrogens is 248 g/mol. The van der Waals surface area contributed by atoms with E-state index in [0.29, 0.717) is 11.5 Å². The lowest BCUT2D eigenvalue weighted by Gasteiger charge is -2.44. The van der Waals surface area contributed by atoms with Crippen LogP contribution in [0.1, 0.15) is 65.7 Å². The number of amides is 1. The molecule has 0 spiro atoms. The van der Waals surface area contributed by atoms with E-state index in [1.807, 2.05) is 0 Å². The number of nitrogens with one attached hydrogen (secondary N) is 1. The van der Waals surface area contributed by atoms with Gasteiger partial charge in [-0.25, -0.2) is 0 Å². The van der Waals surface area contributed by atoms with Gasteiger partial charge >= 0.3 is 0 Å². The molecule has 3 aliphatic carbocycles. The van der Waals surface area contributed by atoms with Gasteiger partial charge in [-0.1, -0.05) is 33.6 Å². The van der Waals surface area contributed by atoms with Gasteiger partial charge in [0.25, 0.3) is 0 Å². The zero-order valence-corrected chi connectivity index (χ0v) is 13.2. The summed E-state index contributed by atoms with van der Waals surface area (Å²) in [6, 6.07) is 0.397. The molecule has 3 heteroatoms. The summed E-state index contributed by atoms with van der Waals surface area (Å²) in [5, 5.41) is 3.42. The standard InChI is InChI=1S/C17H30N2O/c1-16(2)11-8-9-17(3,10-11)15(16)19-14(20)12-6-4-5-7-13(12)18/h11-13,15H,4-10,18H2,1-3H3,(H,19,20). The first-order valence-electron chi connectivity index (χ1n) is 8.40. The van der Waals surface area contributed by atoms with Crippen molar-refractivity contribution in [2.45, 2.75) is 77.8 Å². The van der Waals surface area contributed by atoms with Gasteiger partial charge in [-0.15, -0.1) is 0 Å². The third-order valence-electron chi connectivity index (χ3n) is 6.71. The highest BCUT2D eigenvalue weighted by atomic mass is 16.2. The molecule has 20 heavy (non-hydrogen) atoms. The van der Waals surface area contributed by atoms with E-state index in [2.05, 4.69) is 26.1 Å². The predicted molar refractivity (Wildman–Crippen MR) is 81.1 cm³/mol. The first-order valence-corrected chi connectivity index (χ1v) is 8.40. The van der Waals surface area contributed by atoms with Gasteiger partial charge in [-0.2, -0.15) is 0 Å². The quantitative estimate of drug-likeness (QED) is 0.816. The maximum Gasteiger partial charge on any atom is 0.224 e. The third kappa shape index (κ3) is 2.09. The second-order valence-corrected chi connectivity index (χ2v) is 8.41. The van der Waals surface area contributed by atoms with Crippen molar-refractivity contribution in [2.24, 2.45) is 28.4 Å². The summed E-state index contributed by atoms with van der Waals surface area (Å²) in [4.78, 5) is 12.7. The van der Waals surface area contributed by atoms with Crippen molar-refractivity contribution in [2.75, 3.05) is 0 Å². The minimum absolute atomic E-state index is 0.0438. The van der Waals surface area contributed by atoms with Crippen LogP contribution >= 0.6 is 0 Å². The maximum absolute atomic E-state index is 12.7. The molecule has 0 aromatic rings. The van der Waals surface area contributed by atoms with Gasteiger partial charge < -0.3 is 11.1 Å². The van der Waals surface area contributed by atoms with Gasteiger partial charge in [0.2, 0.25) is 5.91 Å². The van der Waals surface area contributed by atoms with Crippen LogP contribution in [-0.2, 0) is 4.79 Å². The molecule has 5 unspecified atom stereocenters. The van der Waals surface area contributed by atoms with E-state index in [-0.39, 0.29) is 23.3 Å². The number of fused-ring (bicyclic) bond motifs is 2. The molecule has 2 bridgehead atoms. The van der Waals surface area contributed by atoms with Gasteiger partial charge in [0, 0.05) is 12.1 Å². The van der Waals surface area contributed by atoms with Gasteiger partial charge in [0.15, 0.2) is 0 Å². The summed E-state index contributed by atoms with van der Waals surface area (Å²) in [7, 11) is 0. The minimum atomic E-state index is 0.0438. The van der Waals surface area contributed by atoms with Crippen LogP contribution in [-0.4, -0.2) is 18.0 Å². The molecule has 3 rings (SSSR count). The Hall–Kier alpha value is -0.570. The Labute approximate surface area is 123 Å². The largest absolute Gasteiger partial charge is 0.352 e. The van der Waals surface area contributed by atoms with Crippen LogP contribution in [0.5, 0.6) is 0 Å². The topological polar surface area (TPSA) is 55.1 Å². The number of carbonyl (C=O) groups is 1. The highest BCUT2D eigenvalue weighted by Crippen LogP contribution is 2.62. The predicted octanol–water partition coefficient (Wildman–Crippen LogP) is 2.83. The Morgan fingerprint density at radius 1 is 1.15 bits per heavy atom. The Morgan fingerprint density at radius 2 is 1.85 bits per heavy atom. The lowest BCUT2D eigenvalue weighted by molar-refractivity contribution is -0.129. The number of hydrogen-bond donors (Lipinski definition) is 2. The van der Waals surface area contributed by atoms with Crippen LogP contribution in [0, 0.1) is 22.7 Å². The molecular formula is C17H30N2O. The smallest absolute Gasteiger partial charge is 0.224 e. The molecule has 3 nitrogen and oxygen atoms in total. The zero-order valence-electron chi connectivity index (χ0n) is 13.2. The molecule has 0 radical (unpaired) electrons. The van der Waals surface area contributed by atoms with E-state index in [1.54, 1.807) is 0 Å². The lowest BCUT2D eigenvalue weighted by atomic mass is 9.68. The van der Waals surface area contributed by atoms with Crippen molar-refractivity contribution in [3.05, 3.63) is 0 Å². The van der Waals surface area contributed by atoms with Crippen LogP contribution in [0.3, 0.4) is 0 Å². The average Bonchev–Trinajstić information content (AvgIpc) is 2.86. The Balaban J connectivity index is 1.72. The molecule has 3 N–H and O–H groups in total. The number of hydrogen-bond acceptors (Lipinski definition) is 2. The highest BCUT2D eigenvalue weighted by Gasteiger charge is 2.59. The van der Waals surface area contributed by atoms with E-state index in [0.717, 1.165) is 25.2 Å². The van der Waals surface area contributed by atoms with Crippen LogP contribution in [0.4, 0.5) is 0 Å². The van der Waals surface area contributed by atoms with Crippen LogP contribution in [0.2, 0.25) is 0 Å². The second kappa shape index (κ2) is 4.72. The molecule has 0 heterocycles. The van der Waals surface area contributed by atoms with Crippen molar-refractivity contribution < 1.29 is 4.79 Å². The highest BCUT2D eigenvalue weighted by molar-refractivity contribution is 5.80. The van der Waals surface area contributed by atoms with E-state index >= 15 is 0 Å². The van der Waals surface area contributed by atoms with Crippen molar-refractivity contribution >= 4 is 5.91 Å². The summed E-state index contributed by atoms with van der Waals surface area (Å²) >= 11 is 0. The van der Waals surface area contributed by atoms with Gasteiger partial charge in [0.1, 0.15) is 0 Å². The average molecular weight is 278 g/mol. The normalized spacial score (nSPS) is 46.4. The number of rotatable bonds is 2. The summed E-state index contributed by atoms with van der Waals surface area (Å²) in [6.07, 6.45) is 8.19. The van der Waals surface area contributed by atoms with E-state index < -0.39 is 0 Å². The maximum atomic E-state index is 12.7. The van der Waals surface area contributed by atoms with Crippen molar-refractivity contribution in [1.29, 1.82) is 0 Å². The number of nitrogens with two attached hydrogens (primary N) is 1. The Kier molecular flexibility index (Phi) is 3.39. The summed E-state index contributed by atoms with van der Waals surface area (Å²) in [6.45, 7) is 7.05. The van der Waals surface area contributed by atoms with E-state index in [1.165, 1.54) is 25.7 Å². The SMILES string of the molecule is CC12CCC(C1)C(C)(C)C2NC(=O)C1CCCCC1N. The fourth-order valence-electron chi connectivity index (χ4n) is 5.40. The molecule has 3 aliphatic rings. The first kappa shape index (κ1) is 14.4. The van der Waals surface area contributed by atoms with Crippen molar-refractivity contribution in [3.8, 4) is 0 Å². The molecule has 3 fully saturated rings. The molecule has 0 aliphatic heterocycles. The van der Waals surface area contributed by atoms with Crippen molar-refractivity contribution in [3.63, 3.8) is 0 Å². The Morgan fingerprint density at radius 3 is 2.45 bits per heavy atom. The van der Waals surface area contributed by atoms with Crippen LogP contribution in [0.15, 0.2) is 0 Å². The molecule has 114 valence electrons. The fraction of sp³-hybridized carbons (Fsp3) is 0.941. The molecule has 1 amide bonds. The fourth-order valence-corrected chi connectivity index (χ4v) is 5.40. The Bertz CT molecular complexity index is 401. The van der Waals surface area contributed by atoms with E-state index in [4.69, 9.17) is 5.73 Å². The minimum Gasteiger partial charge on any atom is -0.352 e. The molecule has 0 saturated heterocycles. The van der Waals surface area contributed by atoms with Crippen molar-refractivity contribution in [1.82, 2.24) is 5.32 Å². The van der Waals surface area contributed by atoms with Gasteiger partial charge in [-0.3, -0.25) is 4.79 Å². The monoisotopic (exact) mass is 278 g/mol. The van der Waals surface area contributed by atoms with Gasteiger partial charge in [0.05, 0.1) is 5.92 Å². The van der Waals surface area contributed by atoms with Gasteiger partial charge in [-0.05, 0) is 48.9 Å². The molecule has 3 saturated carbocycles.